The van der Waals surface area contributed by atoms with Crippen LogP contribution in [-0.2, 0) is 57.1 Å². The summed E-state index contributed by atoms with van der Waals surface area (Å²) < 4.78 is 48.3. The summed E-state index contributed by atoms with van der Waals surface area (Å²) >= 11 is 0. The molecule has 0 spiro atoms. The van der Waals surface area contributed by atoms with Crippen LogP contribution in [-0.4, -0.2) is 263 Å². The highest BCUT2D eigenvalue weighted by Gasteiger charge is 2.61. The third-order valence-electron chi connectivity index (χ3n) is 18.5. The first-order valence-electron chi connectivity index (χ1n) is 35.6. The molecule has 0 aromatic heterocycles. The predicted molar refractivity (Wildman–Crippen MR) is 347 cm³/mol. The number of nitrogens with one attached hydrogen (secondary N) is 3. The molecular formula is C67H122N4O25. The Morgan fingerprint density at radius 1 is 0.552 bits per heavy atom. The molecule has 4 amide bonds. The Morgan fingerprint density at radius 3 is 1.52 bits per heavy atom. The number of amides is 4. The molecule has 4 aliphatic heterocycles. The van der Waals surface area contributed by atoms with E-state index in [9.17, 15) is 85.6 Å². The average Bonchev–Trinajstić information content (AvgIpc) is 0.761. The number of ether oxygens (including phenoxy) is 8. The molecule has 4 rings (SSSR count). The minimum absolute atomic E-state index is 0.168. The monoisotopic (exact) mass is 1380 g/mol. The van der Waals surface area contributed by atoms with Crippen LogP contribution in [0.5, 0.6) is 0 Å². The fourth-order valence-corrected chi connectivity index (χ4v) is 12.9. The Morgan fingerprint density at radius 2 is 1.02 bits per heavy atom. The van der Waals surface area contributed by atoms with E-state index in [1.54, 1.807) is 6.08 Å². The van der Waals surface area contributed by atoms with Crippen LogP contribution < -0.4 is 21.7 Å². The maximum atomic E-state index is 13.8. The van der Waals surface area contributed by atoms with Crippen molar-refractivity contribution >= 4 is 23.6 Å². The highest BCUT2D eigenvalue weighted by molar-refractivity contribution is 5.82. The first-order valence-corrected chi connectivity index (χ1v) is 35.6. The smallest absolute Gasteiger partial charge is 0.277 e. The molecule has 4 heterocycles. The Labute approximate surface area is 566 Å². The van der Waals surface area contributed by atoms with Crippen molar-refractivity contribution in [3.05, 3.63) is 12.2 Å². The van der Waals surface area contributed by atoms with Crippen LogP contribution in [0.3, 0.4) is 0 Å². The number of primary amides is 1. The molecule has 23 atom stereocenters. The largest absolute Gasteiger partial charge is 0.394 e. The number of carbonyl (C=O) groups excluding carboxylic acids is 4. The van der Waals surface area contributed by atoms with Crippen molar-refractivity contribution in [2.75, 3.05) is 33.0 Å². The van der Waals surface area contributed by atoms with Crippen LogP contribution in [0.25, 0.3) is 0 Å². The highest BCUT2D eigenvalue weighted by Crippen LogP contribution is 2.40. The molecule has 29 heteroatoms. The summed E-state index contributed by atoms with van der Waals surface area (Å²) in [7, 11) is 0. The number of hydrogen-bond donors (Lipinski definition) is 17. The van der Waals surface area contributed by atoms with E-state index in [1.165, 1.54) is 109 Å². The van der Waals surface area contributed by atoms with Gasteiger partial charge in [0, 0.05) is 26.7 Å². The van der Waals surface area contributed by atoms with Gasteiger partial charge in [-0.3, -0.25) is 19.2 Å². The lowest BCUT2D eigenvalue weighted by Crippen LogP contribution is -2.72. The molecule has 0 radical (unpaired) electrons. The quantitative estimate of drug-likeness (QED) is 0.0292. The van der Waals surface area contributed by atoms with Gasteiger partial charge in [-0.1, -0.05) is 180 Å². The number of rotatable bonds is 49. The normalized spacial score (nSPS) is 32.3. The second-order valence-electron chi connectivity index (χ2n) is 26.5. The summed E-state index contributed by atoms with van der Waals surface area (Å²) in [6.07, 6.45) is -3.69. The van der Waals surface area contributed by atoms with Crippen LogP contribution in [0.15, 0.2) is 12.2 Å². The third kappa shape index (κ3) is 27.6. The number of aliphatic hydroxyl groups excluding tert-OH is 13. The van der Waals surface area contributed by atoms with Crippen molar-refractivity contribution in [1.82, 2.24) is 16.0 Å². The van der Waals surface area contributed by atoms with E-state index in [1.807, 2.05) is 6.08 Å². The highest BCUT2D eigenvalue weighted by atomic mass is 16.8. The standard InChI is InChI=1S/C67H122N4O25/c1-5-7-9-11-13-15-17-19-20-22-24-26-28-30-32-34-50(81)71-43(44(78)33-31-29-27-25-23-21-18-16-14-12-10-8-6-2)40-89-64-57(86)56(85)59(48(38-74)91-64)93-65-58(87)62(60(49(39-75)92-65)94-63-52(70-42(4)77)55(84)54(83)47(37-73)90-63)96-67(66(68)88)35-45(79)51(69-41(3)76)61(95-67)53(82)46(80)36-72/h31,33,43-49,51-65,72-75,78-80,82-87H,5-30,32,34-40H2,1-4H3,(H2,68,88)(H,69,76)(H,70,77)(H,71,81)/b33-31+/t43-,44+,45-,46+,47+,48+,49+,51+,52+,53+,54-,55+,56+,57+,58+,59+,60-,61+,62+,63-,64+,65-,67-/m0/s1. The summed E-state index contributed by atoms with van der Waals surface area (Å²) in [4.78, 5) is 52.2. The molecule has 29 nitrogen and oxygen atoms in total. The number of carbonyl (C=O) groups is 4. The van der Waals surface area contributed by atoms with Crippen molar-refractivity contribution in [3.63, 3.8) is 0 Å². The minimum atomic E-state index is -3.06. The fraction of sp³-hybridized carbons (Fsp3) is 0.910. The third-order valence-corrected chi connectivity index (χ3v) is 18.5. The second-order valence-corrected chi connectivity index (χ2v) is 26.5. The van der Waals surface area contributed by atoms with Gasteiger partial charge in [0.25, 0.3) is 11.7 Å². The Bertz CT molecular complexity index is 2180. The predicted octanol–water partition coefficient (Wildman–Crippen LogP) is 0.534. The maximum absolute atomic E-state index is 13.8. The van der Waals surface area contributed by atoms with E-state index in [0.29, 0.717) is 12.8 Å². The van der Waals surface area contributed by atoms with Gasteiger partial charge in [0.05, 0.1) is 57.3 Å². The second kappa shape index (κ2) is 46.3. The SMILES string of the molecule is CCCCCCCCCCCCC/C=C/[C@@H](O)[C@H](CO[C@@H]1O[C@H](CO)[C@@H](O[C@@H]2O[C@H](CO)[C@H](O[C@@H]3O[C@H](CO)[C@H](O)[C@H](O)[C@H]3NC(C)=O)[C@H](O[C@]3(C(N)=O)C[C@H](O)[C@@H](NC(C)=O)[C@H]([C@H](O)[C@H](O)CO)O3)[C@H]2O)[C@H](O)[C@H]1O)NC(=O)CCCCCCCCCCCCCCCCC. The van der Waals surface area contributed by atoms with E-state index in [4.69, 9.17) is 43.6 Å². The number of allylic oxidation sites excluding steroid dienone is 1. The summed E-state index contributed by atoms with van der Waals surface area (Å²) in [6.45, 7) is 1.88. The van der Waals surface area contributed by atoms with Crippen LogP contribution >= 0.6 is 0 Å². The molecule has 0 bridgehead atoms. The molecular weight excluding hydrogens is 1260 g/mol. The van der Waals surface area contributed by atoms with Crippen LogP contribution in [0.4, 0.5) is 0 Å². The lowest BCUT2D eigenvalue weighted by Gasteiger charge is -2.52. The fourth-order valence-electron chi connectivity index (χ4n) is 12.9. The Hall–Kier alpha value is -3.22. The van der Waals surface area contributed by atoms with Crippen LogP contribution in [0, 0.1) is 0 Å². The van der Waals surface area contributed by atoms with Gasteiger partial charge in [-0.15, -0.1) is 0 Å². The van der Waals surface area contributed by atoms with Gasteiger partial charge in [-0.05, 0) is 19.3 Å². The summed E-state index contributed by atoms with van der Waals surface area (Å²) in [6, 6.07) is -4.43. The first kappa shape index (κ1) is 85.2. The van der Waals surface area contributed by atoms with Gasteiger partial charge in [0.2, 0.25) is 17.7 Å². The summed E-state index contributed by atoms with van der Waals surface area (Å²) in [5, 5.41) is 152. The number of unbranched alkanes of at least 4 members (excludes halogenated alkanes) is 25. The van der Waals surface area contributed by atoms with E-state index in [2.05, 4.69) is 29.8 Å². The van der Waals surface area contributed by atoms with Crippen LogP contribution in [0.1, 0.15) is 214 Å². The van der Waals surface area contributed by atoms with Gasteiger partial charge >= 0.3 is 0 Å². The molecule has 560 valence electrons. The first-order chi connectivity index (χ1) is 46.0. The molecule has 0 aliphatic carbocycles. The lowest BCUT2D eigenvalue weighted by atomic mass is 9.87. The Balaban J connectivity index is 1.54. The van der Waals surface area contributed by atoms with Crippen molar-refractivity contribution < 1.29 is 123 Å². The average molecular weight is 1380 g/mol. The minimum Gasteiger partial charge on any atom is -0.394 e. The summed E-state index contributed by atoms with van der Waals surface area (Å²) in [5.74, 6) is -6.59. The van der Waals surface area contributed by atoms with Crippen LogP contribution in [0.2, 0.25) is 0 Å². The zero-order chi connectivity index (χ0) is 70.7. The zero-order valence-electron chi connectivity index (χ0n) is 57.2. The number of nitrogens with two attached hydrogens (primary N) is 1. The number of hydrogen-bond acceptors (Lipinski definition) is 25. The van der Waals surface area contributed by atoms with Crippen molar-refractivity contribution in [2.24, 2.45) is 5.73 Å². The molecule has 0 aromatic carbocycles. The van der Waals surface area contributed by atoms with Gasteiger partial charge in [0.1, 0.15) is 91.5 Å². The lowest BCUT2D eigenvalue weighted by molar-refractivity contribution is -0.399. The van der Waals surface area contributed by atoms with Gasteiger partial charge in [-0.25, -0.2) is 0 Å². The van der Waals surface area contributed by atoms with Crippen molar-refractivity contribution in [3.8, 4) is 0 Å². The van der Waals surface area contributed by atoms with E-state index in [-0.39, 0.29) is 12.3 Å². The molecule has 18 N–H and O–H groups in total. The molecule has 96 heavy (non-hydrogen) atoms. The van der Waals surface area contributed by atoms with E-state index >= 15 is 0 Å². The summed E-state index contributed by atoms with van der Waals surface area (Å²) in [5.41, 5.74) is 5.94. The molecule has 0 unspecified atom stereocenters. The van der Waals surface area contributed by atoms with Crippen molar-refractivity contribution in [1.29, 1.82) is 0 Å². The van der Waals surface area contributed by atoms with Gasteiger partial charge in [-0.2, -0.15) is 0 Å². The molecule has 4 fully saturated rings. The molecule has 0 aromatic rings. The number of aliphatic hydroxyl groups is 13. The topological polar surface area (TPSA) is 467 Å². The zero-order valence-corrected chi connectivity index (χ0v) is 57.2. The van der Waals surface area contributed by atoms with Crippen molar-refractivity contribution in [2.45, 2.75) is 354 Å². The molecule has 4 aliphatic rings. The maximum Gasteiger partial charge on any atom is 0.277 e. The van der Waals surface area contributed by atoms with E-state index in [0.717, 1.165) is 65.2 Å². The molecule has 4 saturated heterocycles. The molecule has 0 saturated carbocycles. The van der Waals surface area contributed by atoms with Gasteiger partial charge < -0.3 is 126 Å². The Kier molecular flexibility index (Phi) is 41.1. The van der Waals surface area contributed by atoms with E-state index < -0.39 is 198 Å². The van der Waals surface area contributed by atoms with Gasteiger partial charge in [0.15, 0.2) is 18.9 Å².